The summed E-state index contributed by atoms with van der Waals surface area (Å²) in [4.78, 5) is 21.4. The first-order valence-electron chi connectivity index (χ1n) is 9.17. The largest absolute Gasteiger partial charge is 0.370 e. The van der Waals surface area contributed by atoms with Crippen molar-refractivity contribution in [3.05, 3.63) is 58.6 Å². The summed E-state index contributed by atoms with van der Waals surface area (Å²) in [6, 6.07) is 13.0. The summed E-state index contributed by atoms with van der Waals surface area (Å²) >= 11 is 6.07. The molecule has 5 nitrogen and oxygen atoms in total. The zero-order valence-corrected chi connectivity index (χ0v) is 15.7. The molecular formula is C21H21ClN4O. The van der Waals surface area contributed by atoms with Gasteiger partial charge in [-0.25, -0.2) is 9.98 Å². The van der Waals surface area contributed by atoms with Gasteiger partial charge >= 0.3 is 0 Å². The monoisotopic (exact) mass is 380 g/mol. The van der Waals surface area contributed by atoms with Gasteiger partial charge in [0, 0.05) is 11.2 Å². The summed E-state index contributed by atoms with van der Waals surface area (Å²) in [7, 11) is 0. The highest BCUT2D eigenvalue weighted by molar-refractivity contribution is 6.30. The lowest BCUT2D eigenvalue weighted by Gasteiger charge is -2.41. The Balaban J connectivity index is 1.78. The lowest BCUT2D eigenvalue weighted by atomic mass is 9.79. The molecule has 3 N–H and O–H groups in total. The van der Waals surface area contributed by atoms with Crippen LogP contribution >= 0.6 is 11.6 Å². The fourth-order valence-corrected chi connectivity index (χ4v) is 4.06. The lowest BCUT2D eigenvalue weighted by Crippen LogP contribution is -2.49. The van der Waals surface area contributed by atoms with Gasteiger partial charge in [0.2, 0.25) is 0 Å². The van der Waals surface area contributed by atoms with Crippen LogP contribution in [0, 0.1) is 0 Å². The molecule has 1 heterocycles. The molecule has 2 aromatic carbocycles. The van der Waals surface area contributed by atoms with Crippen molar-refractivity contribution in [3.63, 3.8) is 0 Å². The number of nitrogens with zero attached hydrogens (tertiary/aromatic N) is 2. The summed E-state index contributed by atoms with van der Waals surface area (Å²) in [5.74, 6) is 0.294. The van der Waals surface area contributed by atoms with Gasteiger partial charge in [0.1, 0.15) is 0 Å². The average molecular weight is 381 g/mol. The molecular weight excluding hydrogens is 360 g/mol. The second-order valence-corrected chi connectivity index (χ2v) is 7.52. The molecule has 0 bridgehead atoms. The molecule has 0 saturated heterocycles. The number of halogens is 1. The zero-order valence-electron chi connectivity index (χ0n) is 14.9. The van der Waals surface area contributed by atoms with Crippen molar-refractivity contribution < 1.29 is 4.79 Å². The van der Waals surface area contributed by atoms with Crippen molar-refractivity contribution in [2.75, 3.05) is 5.32 Å². The SMILES string of the molecule is NC(=O)c1cccc2c1NC1(CCCCC1)C(N=Cc1cccc(Cl)c1)=N2. The summed E-state index contributed by atoms with van der Waals surface area (Å²) in [6.07, 6.45) is 7.01. The number of anilines is 1. The first-order valence-corrected chi connectivity index (χ1v) is 9.55. The first kappa shape index (κ1) is 17.7. The van der Waals surface area contributed by atoms with E-state index in [2.05, 4.69) is 5.32 Å². The van der Waals surface area contributed by atoms with E-state index >= 15 is 0 Å². The van der Waals surface area contributed by atoms with Crippen LogP contribution in [0.1, 0.15) is 48.0 Å². The predicted molar refractivity (Wildman–Crippen MR) is 111 cm³/mol. The Bertz CT molecular complexity index is 945. The Hall–Kier alpha value is -2.66. The van der Waals surface area contributed by atoms with E-state index < -0.39 is 5.91 Å². The number of rotatable bonds is 2. The third-order valence-electron chi connectivity index (χ3n) is 5.22. The van der Waals surface area contributed by atoms with Crippen molar-refractivity contribution in [1.29, 1.82) is 0 Å². The highest BCUT2D eigenvalue weighted by Crippen LogP contribution is 2.42. The van der Waals surface area contributed by atoms with Crippen molar-refractivity contribution >= 4 is 40.9 Å². The first-order chi connectivity index (χ1) is 13.1. The predicted octanol–water partition coefficient (Wildman–Crippen LogP) is 4.72. The number of nitrogens with one attached hydrogen (secondary N) is 1. The van der Waals surface area contributed by atoms with Gasteiger partial charge in [-0.3, -0.25) is 4.79 Å². The van der Waals surface area contributed by atoms with Crippen molar-refractivity contribution in [3.8, 4) is 0 Å². The van der Waals surface area contributed by atoms with E-state index in [4.69, 9.17) is 27.3 Å². The highest BCUT2D eigenvalue weighted by Gasteiger charge is 2.41. The number of fused-ring (bicyclic) bond motifs is 1. The zero-order chi connectivity index (χ0) is 18.9. The minimum absolute atomic E-state index is 0.369. The van der Waals surface area contributed by atoms with E-state index in [1.807, 2.05) is 30.3 Å². The highest BCUT2D eigenvalue weighted by atomic mass is 35.5. The molecule has 138 valence electrons. The van der Waals surface area contributed by atoms with E-state index in [0.29, 0.717) is 22.0 Å². The van der Waals surface area contributed by atoms with Crippen LogP contribution in [0.25, 0.3) is 0 Å². The molecule has 1 fully saturated rings. The second kappa shape index (κ2) is 7.16. The summed E-state index contributed by atoms with van der Waals surface area (Å²) in [5, 5.41) is 4.26. The number of benzene rings is 2. The molecule has 4 rings (SSSR count). The Morgan fingerprint density at radius 2 is 1.96 bits per heavy atom. The van der Waals surface area contributed by atoms with Crippen LogP contribution in [0.15, 0.2) is 52.4 Å². The van der Waals surface area contributed by atoms with Crippen LogP contribution in [0.5, 0.6) is 0 Å². The van der Waals surface area contributed by atoms with Crippen molar-refractivity contribution in [2.45, 2.75) is 37.6 Å². The molecule has 0 radical (unpaired) electrons. The van der Waals surface area contributed by atoms with Gasteiger partial charge in [-0.2, -0.15) is 0 Å². The van der Waals surface area contributed by atoms with E-state index in [1.165, 1.54) is 6.42 Å². The minimum atomic E-state index is -0.452. The maximum Gasteiger partial charge on any atom is 0.250 e. The fraction of sp³-hybridized carbons (Fsp3) is 0.286. The number of amidine groups is 1. The Labute approximate surface area is 163 Å². The van der Waals surface area contributed by atoms with Crippen molar-refractivity contribution in [1.82, 2.24) is 0 Å². The van der Waals surface area contributed by atoms with Gasteiger partial charge in [0.05, 0.1) is 22.5 Å². The number of carbonyl (C=O) groups is 1. The number of nitrogens with two attached hydrogens (primary N) is 1. The van der Waals surface area contributed by atoms with E-state index in [0.717, 1.165) is 37.1 Å². The normalized spacial score (nSPS) is 18.0. The van der Waals surface area contributed by atoms with Gasteiger partial charge in [-0.1, -0.05) is 49.1 Å². The number of carbonyl (C=O) groups excluding carboxylic acids is 1. The summed E-state index contributed by atoms with van der Waals surface area (Å²) in [5.41, 5.74) is 8.01. The lowest BCUT2D eigenvalue weighted by molar-refractivity contribution is 0.100. The van der Waals surface area contributed by atoms with Gasteiger partial charge in [-0.05, 0) is 42.7 Å². The molecule has 1 amide bonds. The van der Waals surface area contributed by atoms with Gasteiger partial charge in [-0.15, -0.1) is 0 Å². The number of primary amides is 1. The molecule has 1 spiro atoms. The molecule has 2 aliphatic rings. The maximum absolute atomic E-state index is 11.9. The minimum Gasteiger partial charge on any atom is -0.370 e. The van der Waals surface area contributed by atoms with E-state index in [1.54, 1.807) is 18.3 Å². The number of amides is 1. The summed E-state index contributed by atoms with van der Waals surface area (Å²) in [6.45, 7) is 0. The molecule has 1 saturated carbocycles. The molecule has 27 heavy (non-hydrogen) atoms. The molecule has 0 unspecified atom stereocenters. The summed E-state index contributed by atoms with van der Waals surface area (Å²) < 4.78 is 0. The van der Waals surface area contributed by atoms with E-state index in [-0.39, 0.29) is 5.54 Å². The van der Waals surface area contributed by atoms with Crippen molar-refractivity contribution in [2.24, 2.45) is 15.7 Å². The maximum atomic E-state index is 11.9. The third kappa shape index (κ3) is 3.47. The molecule has 0 atom stereocenters. The van der Waals surface area contributed by atoms with Crippen LogP contribution < -0.4 is 11.1 Å². The van der Waals surface area contributed by atoms with E-state index in [9.17, 15) is 4.79 Å². The van der Waals surface area contributed by atoms with Gasteiger partial charge in [0.15, 0.2) is 5.84 Å². The quantitative estimate of drug-likeness (QED) is 0.739. The number of hydrogen-bond acceptors (Lipinski definition) is 4. The third-order valence-corrected chi connectivity index (χ3v) is 5.45. The standard InChI is InChI=1S/C21H21ClN4O/c22-15-7-4-6-14(12-15)13-24-20-21(10-2-1-3-11-21)26-18-16(19(23)27)8-5-9-17(18)25-20/h4-9,12-13,26H,1-3,10-11H2,(H2,23,27). The van der Waals surface area contributed by atoms with Crippen LogP contribution in [0.3, 0.4) is 0 Å². The number of hydrogen-bond donors (Lipinski definition) is 2. The average Bonchev–Trinajstić information content (AvgIpc) is 2.66. The van der Waals surface area contributed by atoms with Gasteiger partial charge < -0.3 is 11.1 Å². The molecule has 0 aromatic heterocycles. The van der Waals surface area contributed by atoms with Gasteiger partial charge in [0.25, 0.3) is 5.91 Å². The Kier molecular flexibility index (Phi) is 4.70. The van der Waals surface area contributed by atoms with Crippen LogP contribution in [-0.2, 0) is 0 Å². The fourth-order valence-electron chi connectivity index (χ4n) is 3.87. The molecule has 2 aromatic rings. The Morgan fingerprint density at radius 1 is 1.19 bits per heavy atom. The van der Waals surface area contributed by atoms with Crippen LogP contribution in [-0.4, -0.2) is 23.5 Å². The second-order valence-electron chi connectivity index (χ2n) is 7.08. The molecule has 1 aliphatic heterocycles. The molecule has 1 aliphatic carbocycles. The molecule has 6 heteroatoms. The van der Waals surface area contributed by atoms with Crippen LogP contribution in [0.2, 0.25) is 5.02 Å². The topological polar surface area (TPSA) is 79.8 Å². The number of aliphatic imine (C=N–C) groups is 2. The van der Waals surface area contributed by atoms with Crippen LogP contribution in [0.4, 0.5) is 11.4 Å². The Morgan fingerprint density at radius 3 is 2.70 bits per heavy atom. The number of para-hydroxylation sites is 1. The smallest absolute Gasteiger partial charge is 0.250 e.